The number of hydrogen-bond acceptors (Lipinski definition) is 3. The minimum absolute atomic E-state index is 0.260. The summed E-state index contributed by atoms with van der Waals surface area (Å²) < 4.78 is 0. The molecule has 5 heteroatoms. The van der Waals surface area contributed by atoms with Gasteiger partial charge < -0.3 is 5.32 Å². The second kappa shape index (κ2) is 8.64. The van der Waals surface area contributed by atoms with Crippen molar-refractivity contribution in [1.29, 1.82) is 0 Å². The highest BCUT2D eigenvalue weighted by atomic mass is 35.5. The maximum absolute atomic E-state index is 13.6. The molecule has 3 aromatic carbocycles. The van der Waals surface area contributed by atoms with E-state index in [1.165, 1.54) is 10.5 Å². The highest BCUT2D eigenvalue weighted by Crippen LogP contribution is 2.36. The van der Waals surface area contributed by atoms with Gasteiger partial charge in [-0.05, 0) is 72.4 Å². The summed E-state index contributed by atoms with van der Waals surface area (Å²) in [7, 11) is 0. The van der Waals surface area contributed by atoms with E-state index in [-0.39, 0.29) is 17.5 Å². The maximum Gasteiger partial charge on any atom is 0.282 e. The SMILES string of the molecule is Cc1ccc(C)c(N2C(=O)C(Nc3ccc(C(C)C)cc3)=C(c3ccc(Cl)cc3)C2=O)c1. The quantitative estimate of drug-likeness (QED) is 0.458. The van der Waals surface area contributed by atoms with E-state index in [1.54, 1.807) is 24.3 Å². The van der Waals surface area contributed by atoms with E-state index in [9.17, 15) is 9.59 Å². The number of carbonyl (C=O) groups is 2. The van der Waals surface area contributed by atoms with Crippen LogP contribution in [-0.2, 0) is 9.59 Å². The van der Waals surface area contributed by atoms with Crippen molar-refractivity contribution in [3.8, 4) is 0 Å². The molecular formula is C27H25ClN2O2. The average Bonchev–Trinajstić information content (AvgIpc) is 3.00. The van der Waals surface area contributed by atoms with E-state index in [1.807, 2.05) is 56.3 Å². The molecule has 3 aromatic rings. The van der Waals surface area contributed by atoms with E-state index in [2.05, 4.69) is 19.2 Å². The van der Waals surface area contributed by atoms with Gasteiger partial charge in [-0.3, -0.25) is 9.59 Å². The molecular weight excluding hydrogens is 420 g/mol. The molecule has 162 valence electrons. The Morgan fingerprint density at radius 3 is 2.12 bits per heavy atom. The minimum atomic E-state index is -0.374. The predicted molar refractivity (Wildman–Crippen MR) is 131 cm³/mol. The number of hydrogen-bond donors (Lipinski definition) is 1. The first-order valence-electron chi connectivity index (χ1n) is 10.6. The lowest BCUT2D eigenvalue weighted by atomic mass is 10.0. The van der Waals surface area contributed by atoms with Crippen LogP contribution in [0.25, 0.3) is 5.57 Å². The summed E-state index contributed by atoms with van der Waals surface area (Å²) >= 11 is 6.06. The van der Waals surface area contributed by atoms with Crippen LogP contribution in [0.5, 0.6) is 0 Å². The van der Waals surface area contributed by atoms with Gasteiger partial charge >= 0.3 is 0 Å². The molecule has 0 saturated carbocycles. The number of nitrogens with zero attached hydrogens (tertiary/aromatic N) is 1. The van der Waals surface area contributed by atoms with Gasteiger partial charge in [0.2, 0.25) is 0 Å². The van der Waals surface area contributed by atoms with Crippen LogP contribution < -0.4 is 10.2 Å². The molecule has 1 aliphatic rings. The zero-order valence-electron chi connectivity index (χ0n) is 18.6. The molecule has 32 heavy (non-hydrogen) atoms. The van der Waals surface area contributed by atoms with E-state index in [0.29, 0.717) is 27.8 Å². The molecule has 0 atom stereocenters. The lowest BCUT2D eigenvalue weighted by molar-refractivity contribution is -0.120. The Morgan fingerprint density at radius 1 is 0.844 bits per heavy atom. The van der Waals surface area contributed by atoms with Crippen LogP contribution in [0.1, 0.15) is 42.0 Å². The van der Waals surface area contributed by atoms with Gasteiger partial charge in [0, 0.05) is 10.7 Å². The molecule has 0 bridgehead atoms. The summed E-state index contributed by atoms with van der Waals surface area (Å²) in [5.74, 6) is -0.323. The Bertz CT molecular complexity index is 1230. The number of nitrogens with one attached hydrogen (secondary N) is 1. The summed E-state index contributed by atoms with van der Waals surface area (Å²) in [6.07, 6.45) is 0. The molecule has 0 saturated heterocycles. The summed E-state index contributed by atoms with van der Waals surface area (Å²) in [6, 6.07) is 20.6. The highest BCUT2D eigenvalue weighted by Gasteiger charge is 2.40. The number of benzene rings is 3. The fourth-order valence-electron chi connectivity index (χ4n) is 3.80. The number of amides is 2. The molecule has 0 spiro atoms. The molecule has 0 unspecified atom stereocenters. The molecule has 4 rings (SSSR count). The molecule has 2 amide bonds. The van der Waals surface area contributed by atoms with Gasteiger partial charge in [-0.25, -0.2) is 4.90 Å². The maximum atomic E-state index is 13.6. The highest BCUT2D eigenvalue weighted by molar-refractivity contribution is 6.46. The molecule has 0 aromatic heterocycles. The summed E-state index contributed by atoms with van der Waals surface area (Å²) in [6.45, 7) is 8.10. The van der Waals surface area contributed by atoms with Gasteiger partial charge in [0.25, 0.3) is 11.8 Å². The van der Waals surface area contributed by atoms with Crippen molar-refractivity contribution in [2.75, 3.05) is 10.2 Å². The standard InChI is InChI=1S/C27H25ClN2O2/c1-16(2)19-9-13-22(14-10-19)29-25-24(20-7-11-21(28)12-8-20)26(31)30(27(25)32)23-15-17(3)5-6-18(23)4/h5-16,29H,1-4H3. The smallest absolute Gasteiger partial charge is 0.282 e. The zero-order chi connectivity index (χ0) is 23.0. The Balaban J connectivity index is 1.81. The Kier molecular flexibility index (Phi) is 5.90. The van der Waals surface area contributed by atoms with Gasteiger partial charge in [0.05, 0.1) is 11.3 Å². The monoisotopic (exact) mass is 444 g/mol. The first-order valence-corrected chi connectivity index (χ1v) is 11.0. The minimum Gasteiger partial charge on any atom is -0.350 e. The molecule has 1 N–H and O–H groups in total. The van der Waals surface area contributed by atoms with E-state index in [4.69, 9.17) is 11.6 Å². The van der Waals surface area contributed by atoms with Crippen molar-refractivity contribution >= 4 is 40.4 Å². The summed E-state index contributed by atoms with van der Waals surface area (Å²) in [5.41, 5.74) is 5.62. The lowest BCUT2D eigenvalue weighted by Gasteiger charge is -2.18. The number of aryl methyl sites for hydroxylation is 2. The van der Waals surface area contributed by atoms with Crippen LogP contribution in [0, 0.1) is 13.8 Å². The first kappa shape index (κ1) is 21.8. The third-order valence-corrected chi connectivity index (χ3v) is 5.92. The third-order valence-electron chi connectivity index (χ3n) is 5.67. The van der Waals surface area contributed by atoms with Crippen molar-refractivity contribution in [2.24, 2.45) is 0 Å². The lowest BCUT2D eigenvalue weighted by Crippen LogP contribution is -2.33. The van der Waals surface area contributed by atoms with E-state index in [0.717, 1.165) is 16.8 Å². The molecule has 1 aliphatic heterocycles. The second-order valence-corrected chi connectivity index (χ2v) is 8.83. The van der Waals surface area contributed by atoms with Crippen molar-refractivity contribution < 1.29 is 9.59 Å². The Hall–Kier alpha value is -3.37. The summed E-state index contributed by atoms with van der Waals surface area (Å²) in [4.78, 5) is 28.4. The van der Waals surface area contributed by atoms with Crippen molar-refractivity contribution in [1.82, 2.24) is 0 Å². The van der Waals surface area contributed by atoms with Gasteiger partial charge in [-0.15, -0.1) is 0 Å². The Labute approximate surface area is 193 Å². The van der Waals surface area contributed by atoms with Crippen molar-refractivity contribution in [2.45, 2.75) is 33.6 Å². The molecule has 1 heterocycles. The van der Waals surface area contributed by atoms with Gasteiger partial charge in [0.15, 0.2) is 0 Å². The first-order chi connectivity index (χ1) is 15.3. The average molecular weight is 445 g/mol. The van der Waals surface area contributed by atoms with Crippen LogP contribution in [0.3, 0.4) is 0 Å². The number of carbonyl (C=O) groups excluding carboxylic acids is 2. The molecule has 0 fully saturated rings. The van der Waals surface area contributed by atoms with Crippen LogP contribution in [0.15, 0.2) is 72.4 Å². The number of halogens is 1. The number of imide groups is 1. The topological polar surface area (TPSA) is 49.4 Å². The fraction of sp³-hybridized carbons (Fsp3) is 0.185. The van der Waals surface area contributed by atoms with Crippen LogP contribution >= 0.6 is 11.6 Å². The predicted octanol–water partition coefficient (Wildman–Crippen LogP) is 6.48. The van der Waals surface area contributed by atoms with Crippen LogP contribution in [0.2, 0.25) is 5.02 Å². The van der Waals surface area contributed by atoms with Crippen molar-refractivity contribution in [3.05, 3.63) is 99.7 Å². The fourth-order valence-corrected chi connectivity index (χ4v) is 3.93. The molecule has 0 radical (unpaired) electrons. The summed E-state index contributed by atoms with van der Waals surface area (Å²) in [5, 5.41) is 3.78. The van der Waals surface area contributed by atoms with Gasteiger partial charge in [-0.1, -0.05) is 61.8 Å². The van der Waals surface area contributed by atoms with Gasteiger partial charge in [0.1, 0.15) is 5.70 Å². The van der Waals surface area contributed by atoms with E-state index >= 15 is 0 Å². The Morgan fingerprint density at radius 2 is 1.50 bits per heavy atom. The van der Waals surface area contributed by atoms with Crippen LogP contribution in [0.4, 0.5) is 11.4 Å². The second-order valence-electron chi connectivity index (χ2n) is 8.39. The normalized spacial score (nSPS) is 14.0. The molecule has 4 nitrogen and oxygen atoms in total. The van der Waals surface area contributed by atoms with Gasteiger partial charge in [-0.2, -0.15) is 0 Å². The van der Waals surface area contributed by atoms with Crippen LogP contribution in [-0.4, -0.2) is 11.8 Å². The zero-order valence-corrected chi connectivity index (χ0v) is 19.3. The number of anilines is 2. The largest absolute Gasteiger partial charge is 0.350 e. The van der Waals surface area contributed by atoms with Crippen molar-refractivity contribution in [3.63, 3.8) is 0 Å². The third kappa shape index (κ3) is 4.06. The number of rotatable bonds is 5. The van der Waals surface area contributed by atoms with E-state index < -0.39 is 0 Å². The molecule has 0 aliphatic carbocycles.